The van der Waals surface area contributed by atoms with Gasteiger partial charge >= 0.3 is 6.18 Å². The van der Waals surface area contributed by atoms with E-state index in [-0.39, 0.29) is 0 Å². The molecule has 100 valence electrons. The zero-order valence-electron chi connectivity index (χ0n) is 10.1. The number of rotatable bonds is 4. The molecule has 3 N–H and O–H groups in total. The summed E-state index contributed by atoms with van der Waals surface area (Å²) in [7, 11) is 0. The Kier molecular flexibility index (Phi) is 4.01. The highest BCUT2D eigenvalue weighted by atomic mass is 19.4. The van der Waals surface area contributed by atoms with Crippen LogP contribution in [0, 0.1) is 6.92 Å². The van der Waals surface area contributed by atoms with Gasteiger partial charge in [0.15, 0.2) is 0 Å². The van der Waals surface area contributed by atoms with Gasteiger partial charge in [-0.3, -0.25) is 10.1 Å². The Morgan fingerprint density at radius 1 is 1.33 bits per heavy atom. The van der Waals surface area contributed by atoms with Gasteiger partial charge in [0, 0.05) is 0 Å². The van der Waals surface area contributed by atoms with Crippen molar-refractivity contribution in [1.82, 2.24) is 5.32 Å². The fourth-order valence-corrected chi connectivity index (χ4v) is 1.73. The third-order valence-corrected chi connectivity index (χ3v) is 2.82. The smallest absolute Gasteiger partial charge is 0.368 e. The fourth-order valence-electron chi connectivity index (χ4n) is 1.73. The second-order valence-corrected chi connectivity index (χ2v) is 4.27. The van der Waals surface area contributed by atoms with Crippen LogP contribution in [0.3, 0.4) is 0 Å². The van der Waals surface area contributed by atoms with Gasteiger partial charge in [-0.1, -0.05) is 24.3 Å². The van der Waals surface area contributed by atoms with Crippen LogP contribution in [-0.2, 0) is 10.3 Å². The SMILES string of the molecule is Cc1ccccc1C(C)(NCC(F)(F)F)C(N)=O. The summed E-state index contributed by atoms with van der Waals surface area (Å²) in [5.41, 5.74) is 4.84. The highest BCUT2D eigenvalue weighted by molar-refractivity contribution is 5.86. The number of hydrogen-bond donors (Lipinski definition) is 2. The molecule has 1 unspecified atom stereocenters. The highest BCUT2D eigenvalue weighted by Crippen LogP contribution is 2.25. The van der Waals surface area contributed by atoms with E-state index in [1.807, 2.05) is 0 Å². The lowest BCUT2D eigenvalue weighted by Gasteiger charge is -2.30. The molecular weight excluding hydrogens is 245 g/mol. The van der Waals surface area contributed by atoms with Gasteiger partial charge < -0.3 is 5.73 Å². The number of aryl methyl sites for hydroxylation is 1. The van der Waals surface area contributed by atoms with E-state index in [0.717, 1.165) is 0 Å². The van der Waals surface area contributed by atoms with Crippen molar-refractivity contribution in [3.8, 4) is 0 Å². The minimum absolute atomic E-state index is 0.446. The van der Waals surface area contributed by atoms with Gasteiger partial charge in [0.05, 0.1) is 6.54 Å². The first-order valence-corrected chi connectivity index (χ1v) is 5.34. The lowest BCUT2D eigenvalue weighted by atomic mass is 9.88. The molecule has 0 saturated heterocycles. The van der Waals surface area contributed by atoms with E-state index in [2.05, 4.69) is 5.32 Å². The molecule has 1 rings (SSSR count). The number of hydrogen-bond acceptors (Lipinski definition) is 2. The minimum atomic E-state index is -4.40. The number of carbonyl (C=O) groups excluding carboxylic acids is 1. The standard InChI is InChI=1S/C12H15F3N2O/c1-8-5-3-4-6-9(8)11(2,10(16)18)17-7-12(13,14)15/h3-6,17H,7H2,1-2H3,(H2,16,18). The van der Waals surface area contributed by atoms with Crippen LogP contribution >= 0.6 is 0 Å². The first-order chi connectivity index (χ1) is 8.17. The van der Waals surface area contributed by atoms with E-state index in [1.54, 1.807) is 31.2 Å². The molecule has 0 aromatic heterocycles. The third-order valence-electron chi connectivity index (χ3n) is 2.82. The Bertz CT molecular complexity index is 445. The zero-order chi connectivity index (χ0) is 14.0. The number of nitrogens with two attached hydrogens (primary N) is 1. The quantitative estimate of drug-likeness (QED) is 0.868. The fraction of sp³-hybridized carbons (Fsp3) is 0.417. The van der Waals surface area contributed by atoms with Crippen molar-refractivity contribution in [1.29, 1.82) is 0 Å². The second-order valence-electron chi connectivity index (χ2n) is 4.27. The van der Waals surface area contributed by atoms with E-state index in [4.69, 9.17) is 5.73 Å². The monoisotopic (exact) mass is 260 g/mol. The molecule has 6 heteroatoms. The maximum absolute atomic E-state index is 12.3. The molecule has 1 atom stereocenters. The van der Waals surface area contributed by atoms with E-state index in [1.165, 1.54) is 6.92 Å². The van der Waals surface area contributed by atoms with Crippen molar-refractivity contribution >= 4 is 5.91 Å². The molecule has 0 aliphatic rings. The zero-order valence-corrected chi connectivity index (χ0v) is 10.1. The molecule has 0 heterocycles. The summed E-state index contributed by atoms with van der Waals surface area (Å²) in [4.78, 5) is 11.5. The average molecular weight is 260 g/mol. The lowest BCUT2D eigenvalue weighted by Crippen LogP contribution is -2.53. The molecule has 3 nitrogen and oxygen atoms in total. The second kappa shape index (κ2) is 4.97. The topological polar surface area (TPSA) is 55.1 Å². The molecular formula is C12H15F3N2O. The maximum Gasteiger partial charge on any atom is 0.401 e. The van der Waals surface area contributed by atoms with Gasteiger partial charge in [-0.25, -0.2) is 0 Å². The molecule has 0 saturated carbocycles. The summed E-state index contributed by atoms with van der Waals surface area (Å²) in [6, 6.07) is 6.69. The van der Waals surface area contributed by atoms with Gasteiger partial charge in [0.25, 0.3) is 0 Å². The average Bonchev–Trinajstić information content (AvgIpc) is 2.25. The molecule has 1 amide bonds. The van der Waals surface area contributed by atoms with Crippen LogP contribution in [0.25, 0.3) is 0 Å². The molecule has 0 radical (unpaired) electrons. The van der Waals surface area contributed by atoms with Crippen molar-refractivity contribution in [3.63, 3.8) is 0 Å². The van der Waals surface area contributed by atoms with Crippen LogP contribution < -0.4 is 11.1 Å². The van der Waals surface area contributed by atoms with Gasteiger partial charge in [0.2, 0.25) is 5.91 Å². The van der Waals surface area contributed by atoms with Crippen LogP contribution in [0.5, 0.6) is 0 Å². The van der Waals surface area contributed by atoms with Crippen LogP contribution in [0.4, 0.5) is 13.2 Å². The molecule has 1 aromatic rings. The molecule has 0 bridgehead atoms. The number of primary amides is 1. The Morgan fingerprint density at radius 2 is 1.89 bits per heavy atom. The first kappa shape index (κ1) is 14.5. The van der Waals surface area contributed by atoms with E-state index in [0.29, 0.717) is 11.1 Å². The number of amides is 1. The Morgan fingerprint density at radius 3 is 2.33 bits per heavy atom. The largest absolute Gasteiger partial charge is 0.401 e. The Balaban J connectivity index is 3.09. The van der Waals surface area contributed by atoms with Crippen molar-refractivity contribution in [3.05, 3.63) is 35.4 Å². The van der Waals surface area contributed by atoms with Gasteiger partial charge in [-0.15, -0.1) is 0 Å². The van der Waals surface area contributed by atoms with Crippen molar-refractivity contribution in [2.75, 3.05) is 6.54 Å². The lowest BCUT2D eigenvalue weighted by molar-refractivity contribution is -0.135. The normalized spacial score (nSPS) is 15.2. The van der Waals surface area contributed by atoms with Crippen molar-refractivity contribution < 1.29 is 18.0 Å². The van der Waals surface area contributed by atoms with Crippen LogP contribution in [-0.4, -0.2) is 18.6 Å². The first-order valence-electron chi connectivity index (χ1n) is 5.34. The predicted molar refractivity (Wildman–Crippen MR) is 61.8 cm³/mol. The molecule has 0 aliphatic heterocycles. The van der Waals surface area contributed by atoms with Crippen LogP contribution in [0.15, 0.2) is 24.3 Å². The molecule has 0 aliphatic carbocycles. The molecule has 0 fully saturated rings. The Labute approximate surface area is 103 Å². The predicted octanol–water partition coefficient (Wildman–Crippen LogP) is 1.85. The summed E-state index contributed by atoms with van der Waals surface area (Å²) in [6.45, 7) is 1.79. The molecule has 1 aromatic carbocycles. The summed E-state index contributed by atoms with van der Waals surface area (Å²) in [6.07, 6.45) is -4.40. The van der Waals surface area contributed by atoms with E-state index < -0.39 is 24.2 Å². The van der Waals surface area contributed by atoms with Crippen molar-refractivity contribution in [2.45, 2.75) is 25.6 Å². The summed E-state index contributed by atoms with van der Waals surface area (Å²) >= 11 is 0. The maximum atomic E-state index is 12.3. The number of benzene rings is 1. The summed E-state index contributed by atoms with van der Waals surface area (Å²) in [5, 5.41) is 2.19. The van der Waals surface area contributed by atoms with Crippen LogP contribution in [0.2, 0.25) is 0 Å². The number of carbonyl (C=O) groups is 1. The number of alkyl halides is 3. The van der Waals surface area contributed by atoms with E-state index >= 15 is 0 Å². The van der Waals surface area contributed by atoms with Crippen LogP contribution in [0.1, 0.15) is 18.1 Å². The van der Waals surface area contributed by atoms with Gasteiger partial charge in [0.1, 0.15) is 5.54 Å². The minimum Gasteiger partial charge on any atom is -0.368 e. The van der Waals surface area contributed by atoms with Gasteiger partial charge in [-0.2, -0.15) is 13.2 Å². The van der Waals surface area contributed by atoms with E-state index in [9.17, 15) is 18.0 Å². The summed E-state index contributed by atoms with van der Waals surface area (Å²) < 4.78 is 36.8. The highest BCUT2D eigenvalue weighted by Gasteiger charge is 2.38. The van der Waals surface area contributed by atoms with Gasteiger partial charge in [-0.05, 0) is 25.0 Å². The summed E-state index contributed by atoms with van der Waals surface area (Å²) in [5.74, 6) is -0.846. The molecule has 18 heavy (non-hydrogen) atoms. The number of nitrogens with one attached hydrogen (secondary N) is 1. The Hall–Kier alpha value is -1.56. The third kappa shape index (κ3) is 3.22. The van der Waals surface area contributed by atoms with Crippen molar-refractivity contribution in [2.24, 2.45) is 5.73 Å². The number of halogens is 3. The molecule has 0 spiro atoms.